The highest BCUT2D eigenvalue weighted by Gasteiger charge is 2.32. The fourth-order valence-electron chi connectivity index (χ4n) is 3.30. The first-order valence-electron chi connectivity index (χ1n) is 9.37. The summed E-state index contributed by atoms with van der Waals surface area (Å²) >= 11 is 0. The lowest BCUT2D eigenvalue weighted by Crippen LogP contribution is -2.52. The Kier molecular flexibility index (Phi) is 7.11. The Morgan fingerprint density at radius 1 is 1.14 bits per heavy atom. The number of halogens is 2. The second-order valence-corrected chi connectivity index (χ2v) is 8.17. The van der Waals surface area contributed by atoms with Crippen LogP contribution in [-0.4, -0.2) is 42.3 Å². The summed E-state index contributed by atoms with van der Waals surface area (Å²) < 4.78 is 34.1. The van der Waals surface area contributed by atoms with E-state index in [9.17, 15) is 23.5 Å². The van der Waals surface area contributed by atoms with E-state index >= 15 is 0 Å². The van der Waals surface area contributed by atoms with Gasteiger partial charge in [-0.05, 0) is 43.2 Å². The maximum absolute atomic E-state index is 14.4. The van der Waals surface area contributed by atoms with Crippen LogP contribution in [0.25, 0.3) is 0 Å². The second-order valence-electron chi connectivity index (χ2n) is 8.17. The van der Waals surface area contributed by atoms with Crippen LogP contribution in [0.5, 0.6) is 0 Å². The van der Waals surface area contributed by atoms with E-state index in [2.05, 4.69) is 10.6 Å². The quantitative estimate of drug-likeness (QED) is 0.711. The summed E-state index contributed by atoms with van der Waals surface area (Å²) in [4.78, 5) is 24.7. The molecule has 1 aliphatic rings. The molecule has 1 fully saturated rings. The van der Waals surface area contributed by atoms with Crippen molar-refractivity contribution in [3.63, 3.8) is 0 Å². The summed E-state index contributed by atoms with van der Waals surface area (Å²) in [5, 5.41) is 14.5. The maximum atomic E-state index is 14.4. The summed E-state index contributed by atoms with van der Waals surface area (Å²) in [6, 6.07) is 1.19. The van der Waals surface area contributed by atoms with Gasteiger partial charge in [-0.15, -0.1) is 0 Å². The molecule has 0 radical (unpaired) electrons. The number of hydrogen-bond donors (Lipinski definition) is 3. The zero-order valence-corrected chi connectivity index (χ0v) is 16.6. The van der Waals surface area contributed by atoms with E-state index < -0.39 is 41.0 Å². The summed E-state index contributed by atoms with van der Waals surface area (Å²) in [5.74, 6) is -2.99. The average Bonchev–Trinajstić information content (AvgIpc) is 2.58. The summed E-state index contributed by atoms with van der Waals surface area (Å²) in [6.07, 6.45) is -0.190. The monoisotopic (exact) mass is 398 g/mol. The molecule has 2 amide bonds. The number of benzene rings is 1. The van der Waals surface area contributed by atoms with Gasteiger partial charge in [0.15, 0.2) is 0 Å². The first-order valence-corrected chi connectivity index (χ1v) is 9.37. The molecule has 1 saturated heterocycles. The standard InChI is InChI=1S/C20H28F2N2O4/c1-11(25)18(26)24-17(12-5-7-28-8-6-12)19(27)23-13-9-14(21)16(15(22)10-13)20(2,3)4/h9-12,17,25H,5-8H2,1-4H3,(H,23,27)(H,24,26)/t11-,17+/m0/s1. The number of rotatable bonds is 5. The molecule has 1 aromatic carbocycles. The number of carbonyl (C=O) groups excluding carboxylic acids is 2. The molecule has 0 unspecified atom stereocenters. The molecule has 1 heterocycles. The van der Waals surface area contributed by atoms with E-state index in [1.165, 1.54) is 6.92 Å². The molecule has 0 bridgehead atoms. The normalized spacial score (nSPS) is 17.7. The lowest BCUT2D eigenvalue weighted by molar-refractivity contribution is -0.133. The second kappa shape index (κ2) is 8.96. The molecule has 2 rings (SSSR count). The Hall–Kier alpha value is -2.06. The van der Waals surface area contributed by atoms with Gasteiger partial charge in [-0.3, -0.25) is 9.59 Å². The van der Waals surface area contributed by atoms with Gasteiger partial charge in [-0.2, -0.15) is 0 Å². The van der Waals surface area contributed by atoms with E-state index in [-0.39, 0.29) is 17.2 Å². The molecule has 156 valence electrons. The third kappa shape index (κ3) is 5.48. The van der Waals surface area contributed by atoms with Crippen LogP contribution >= 0.6 is 0 Å². The number of nitrogens with one attached hydrogen (secondary N) is 2. The number of aliphatic hydroxyl groups excluding tert-OH is 1. The summed E-state index contributed by atoms with van der Waals surface area (Å²) in [7, 11) is 0. The van der Waals surface area contributed by atoms with Crippen LogP contribution in [0.1, 0.15) is 46.1 Å². The summed E-state index contributed by atoms with van der Waals surface area (Å²) in [5.41, 5.74) is -0.822. The van der Waals surface area contributed by atoms with E-state index in [4.69, 9.17) is 4.74 Å². The molecule has 28 heavy (non-hydrogen) atoms. The van der Waals surface area contributed by atoms with Crippen molar-refractivity contribution < 1.29 is 28.2 Å². The predicted octanol–water partition coefficient (Wildman–Crippen LogP) is 2.49. The number of ether oxygens (including phenoxy) is 1. The number of amides is 2. The molecule has 6 nitrogen and oxygen atoms in total. The Labute approximate surface area is 163 Å². The van der Waals surface area contributed by atoms with Crippen molar-refractivity contribution in [2.24, 2.45) is 5.92 Å². The number of hydrogen-bond acceptors (Lipinski definition) is 4. The SMILES string of the molecule is C[C@H](O)C(=O)N[C@@H](C(=O)Nc1cc(F)c(C(C)(C)C)c(F)c1)C1CCOCC1. The zero-order valence-electron chi connectivity index (χ0n) is 16.6. The van der Waals surface area contributed by atoms with Crippen molar-refractivity contribution in [3.8, 4) is 0 Å². The van der Waals surface area contributed by atoms with Gasteiger partial charge in [0.2, 0.25) is 11.8 Å². The first kappa shape index (κ1) is 22.2. The van der Waals surface area contributed by atoms with E-state index in [0.717, 1.165) is 12.1 Å². The van der Waals surface area contributed by atoms with Gasteiger partial charge in [-0.1, -0.05) is 20.8 Å². The fourth-order valence-corrected chi connectivity index (χ4v) is 3.30. The van der Waals surface area contributed by atoms with Crippen LogP contribution in [-0.2, 0) is 19.7 Å². The lowest BCUT2D eigenvalue weighted by atomic mass is 9.86. The van der Waals surface area contributed by atoms with Gasteiger partial charge in [0.1, 0.15) is 23.8 Å². The van der Waals surface area contributed by atoms with Gasteiger partial charge in [0, 0.05) is 24.5 Å². The minimum atomic E-state index is -1.28. The Balaban J connectivity index is 2.23. The maximum Gasteiger partial charge on any atom is 0.249 e. The largest absolute Gasteiger partial charge is 0.384 e. The van der Waals surface area contributed by atoms with Crippen molar-refractivity contribution in [2.75, 3.05) is 18.5 Å². The van der Waals surface area contributed by atoms with Gasteiger partial charge in [-0.25, -0.2) is 8.78 Å². The van der Waals surface area contributed by atoms with Crippen molar-refractivity contribution in [2.45, 2.75) is 58.1 Å². The van der Waals surface area contributed by atoms with Crippen molar-refractivity contribution >= 4 is 17.5 Å². The Morgan fingerprint density at radius 2 is 1.68 bits per heavy atom. The van der Waals surface area contributed by atoms with E-state index in [0.29, 0.717) is 26.1 Å². The van der Waals surface area contributed by atoms with Crippen LogP contribution in [0.15, 0.2) is 12.1 Å². The Bertz CT molecular complexity index is 702. The molecule has 1 aromatic rings. The van der Waals surface area contributed by atoms with Crippen molar-refractivity contribution in [1.29, 1.82) is 0 Å². The topological polar surface area (TPSA) is 87.7 Å². The van der Waals surface area contributed by atoms with Crippen LogP contribution in [0, 0.1) is 17.6 Å². The van der Waals surface area contributed by atoms with Gasteiger partial charge < -0.3 is 20.5 Å². The average molecular weight is 398 g/mol. The highest BCUT2D eigenvalue weighted by molar-refractivity contribution is 5.98. The van der Waals surface area contributed by atoms with Gasteiger partial charge in [0.05, 0.1) is 0 Å². The first-order chi connectivity index (χ1) is 13.0. The third-order valence-electron chi connectivity index (χ3n) is 4.76. The van der Waals surface area contributed by atoms with Crippen molar-refractivity contribution in [3.05, 3.63) is 29.3 Å². The highest BCUT2D eigenvalue weighted by Crippen LogP contribution is 2.30. The molecule has 0 aliphatic carbocycles. The van der Waals surface area contributed by atoms with Crippen LogP contribution in [0.2, 0.25) is 0 Å². The fraction of sp³-hybridized carbons (Fsp3) is 0.600. The smallest absolute Gasteiger partial charge is 0.249 e. The molecule has 1 aliphatic heterocycles. The molecule has 0 aromatic heterocycles. The molecule has 8 heteroatoms. The number of aliphatic hydroxyl groups is 1. The minimum Gasteiger partial charge on any atom is -0.384 e. The summed E-state index contributed by atoms with van der Waals surface area (Å²) in [6.45, 7) is 7.27. The zero-order chi connectivity index (χ0) is 21.1. The van der Waals surface area contributed by atoms with E-state index in [1.54, 1.807) is 20.8 Å². The molecule has 2 atom stereocenters. The highest BCUT2D eigenvalue weighted by atomic mass is 19.1. The minimum absolute atomic E-state index is 0.0312. The molecule has 3 N–H and O–H groups in total. The van der Waals surface area contributed by atoms with Crippen LogP contribution in [0.3, 0.4) is 0 Å². The van der Waals surface area contributed by atoms with Crippen molar-refractivity contribution in [1.82, 2.24) is 5.32 Å². The third-order valence-corrected chi connectivity index (χ3v) is 4.76. The molecular formula is C20H28F2N2O4. The molecule has 0 spiro atoms. The van der Waals surface area contributed by atoms with Gasteiger partial charge >= 0.3 is 0 Å². The predicted molar refractivity (Wildman–Crippen MR) is 101 cm³/mol. The number of carbonyl (C=O) groups is 2. The van der Waals surface area contributed by atoms with E-state index in [1.807, 2.05) is 0 Å². The number of anilines is 1. The van der Waals surface area contributed by atoms with Crippen LogP contribution in [0.4, 0.5) is 14.5 Å². The lowest BCUT2D eigenvalue weighted by Gasteiger charge is -2.30. The Morgan fingerprint density at radius 3 is 2.14 bits per heavy atom. The molecular weight excluding hydrogens is 370 g/mol. The van der Waals surface area contributed by atoms with Gasteiger partial charge in [0.25, 0.3) is 0 Å². The van der Waals surface area contributed by atoms with Crippen LogP contribution < -0.4 is 10.6 Å². The molecule has 0 saturated carbocycles.